The second kappa shape index (κ2) is 6.14. The molecule has 1 rings (SSSR count). The molecule has 0 bridgehead atoms. The normalized spacial score (nSPS) is 11.4. The van der Waals surface area contributed by atoms with E-state index in [1.54, 1.807) is 0 Å². The van der Waals surface area contributed by atoms with Crippen LogP contribution in [0, 0.1) is 0 Å². The predicted molar refractivity (Wildman–Crippen MR) is 61.2 cm³/mol. The van der Waals surface area contributed by atoms with E-state index in [0.717, 1.165) is 12.8 Å². The first-order valence-electron chi connectivity index (χ1n) is 5.10. The van der Waals surface area contributed by atoms with Crippen molar-refractivity contribution in [2.24, 2.45) is 0 Å². The lowest BCUT2D eigenvalue weighted by Crippen LogP contribution is -2.17. The minimum absolute atomic E-state index is 0.0881. The minimum Gasteiger partial charge on any atom is -0.490 e. The lowest BCUT2D eigenvalue weighted by atomic mass is 10.3. The highest BCUT2D eigenvalue weighted by Gasteiger charge is 2.32. The van der Waals surface area contributed by atoms with E-state index in [1.807, 2.05) is 6.92 Å². The summed E-state index contributed by atoms with van der Waals surface area (Å²) in [5.74, 6) is -0.234. The Morgan fingerprint density at radius 1 is 1.24 bits per heavy atom. The van der Waals surface area contributed by atoms with Crippen molar-refractivity contribution in [2.75, 3.05) is 6.61 Å². The Balaban J connectivity index is 2.80. The molecule has 0 aromatic heterocycles. The Morgan fingerprint density at radius 2 is 1.94 bits per heavy atom. The summed E-state index contributed by atoms with van der Waals surface area (Å²) in [7, 11) is 0. The van der Waals surface area contributed by atoms with Crippen molar-refractivity contribution in [3.05, 3.63) is 22.7 Å². The smallest absolute Gasteiger partial charge is 0.490 e. The van der Waals surface area contributed by atoms with Crippen LogP contribution in [0.25, 0.3) is 0 Å². The molecule has 0 aliphatic heterocycles. The summed E-state index contributed by atoms with van der Waals surface area (Å²) in [6, 6.07) is 4.14. The van der Waals surface area contributed by atoms with E-state index in [4.69, 9.17) is 4.74 Å². The summed E-state index contributed by atoms with van der Waals surface area (Å²) < 4.78 is 46.1. The van der Waals surface area contributed by atoms with Gasteiger partial charge in [-0.2, -0.15) is 0 Å². The summed E-state index contributed by atoms with van der Waals surface area (Å²) in [5, 5.41) is 0. The highest BCUT2D eigenvalue weighted by Crippen LogP contribution is 2.34. The number of rotatable bonds is 5. The van der Waals surface area contributed by atoms with Crippen molar-refractivity contribution in [1.82, 2.24) is 0 Å². The van der Waals surface area contributed by atoms with Gasteiger partial charge in [0.2, 0.25) is 0 Å². The summed E-state index contributed by atoms with van der Waals surface area (Å²) in [6.45, 7) is 2.33. The Bertz CT molecular complexity index is 366. The standard InChI is InChI=1S/C11H12BrF3O2/c1-2-3-6-16-10-7-8(12)4-5-9(10)17-11(13,14)15/h4-5,7H,2-3,6H2,1H3. The van der Waals surface area contributed by atoms with Crippen LogP contribution in [0.15, 0.2) is 22.7 Å². The third-order valence-corrected chi connectivity index (χ3v) is 2.38. The van der Waals surface area contributed by atoms with Crippen molar-refractivity contribution in [3.63, 3.8) is 0 Å². The molecule has 6 heteroatoms. The van der Waals surface area contributed by atoms with Gasteiger partial charge in [-0.05, 0) is 24.6 Å². The zero-order chi connectivity index (χ0) is 12.9. The molecular formula is C11H12BrF3O2. The molecule has 0 fully saturated rings. The first-order valence-corrected chi connectivity index (χ1v) is 5.90. The summed E-state index contributed by atoms with van der Waals surface area (Å²) in [6.07, 6.45) is -3.03. The van der Waals surface area contributed by atoms with Crippen LogP contribution in [0.1, 0.15) is 19.8 Å². The molecule has 96 valence electrons. The van der Waals surface area contributed by atoms with Gasteiger partial charge in [0.1, 0.15) is 0 Å². The van der Waals surface area contributed by atoms with Gasteiger partial charge in [0.25, 0.3) is 0 Å². The van der Waals surface area contributed by atoms with Gasteiger partial charge in [0.15, 0.2) is 11.5 Å². The number of hydrogen-bond donors (Lipinski definition) is 0. The van der Waals surface area contributed by atoms with Crippen molar-refractivity contribution in [2.45, 2.75) is 26.1 Å². The minimum atomic E-state index is -4.71. The molecule has 0 aliphatic rings. The zero-order valence-corrected chi connectivity index (χ0v) is 10.8. The maximum absolute atomic E-state index is 12.1. The molecule has 1 aromatic carbocycles. The number of benzene rings is 1. The van der Waals surface area contributed by atoms with Crippen LogP contribution in [-0.2, 0) is 0 Å². The third kappa shape index (κ3) is 5.30. The highest BCUT2D eigenvalue weighted by atomic mass is 79.9. The van der Waals surface area contributed by atoms with Crippen LogP contribution >= 0.6 is 15.9 Å². The average Bonchev–Trinajstić information content (AvgIpc) is 2.20. The molecule has 0 saturated heterocycles. The van der Waals surface area contributed by atoms with E-state index in [9.17, 15) is 13.2 Å². The number of halogens is 4. The van der Waals surface area contributed by atoms with Crippen LogP contribution < -0.4 is 9.47 Å². The number of hydrogen-bond acceptors (Lipinski definition) is 2. The number of alkyl halides is 3. The van der Waals surface area contributed by atoms with E-state index >= 15 is 0 Å². The second-order valence-corrected chi connectivity index (χ2v) is 4.26. The van der Waals surface area contributed by atoms with Crippen LogP contribution in [0.5, 0.6) is 11.5 Å². The largest absolute Gasteiger partial charge is 0.573 e. The summed E-state index contributed by atoms with van der Waals surface area (Å²) in [4.78, 5) is 0. The zero-order valence-electron chi connectivity index (χ0n) is 9.18. The molecule has 0 heterocycles. The Labute approximate surface area is 106 Å². The molecule has 0 aliphatic carbocycles. The Kier molecular flexibility index (Phi) is 5.11. The van der Waals surface area contributed by atoms with E-state index < -0.39 is 6.36 Å². The summed E-state index contributed by atoms with van der Waals surface area (Å²) >= 11 is 3.17. The number of unbranched alkanes of at least 4 members (excludes halogenated alkanes) is 1. The Morgan fingerprint density at radius 3 is 2.53 bits per heavy atom. The van der Waals surface area contributed by atoms with Gasteiger partial charge in [-0.15, -0.1) is 13.2 Å². The third-order valence-electron chi connectivity index (χ3n) is 1.89. The molecule has 0 saturated carbocycles. The summed E-state index contributed by atoms with van der Waals surface area (Å²) in [5.41, 5.74) is 0. The maximum atomic E-state index is 12.1. The van der Waals surface area contributed by atoms with Crippen LogP contribution in [-0.4, -0.2) is 13.0 Å². The van der Waals surface area contributed by atoms with E-state index in [1.165, 1.54) is 18.2 Å². The molecule has 0 radical (unpaired) electrons. The Hall–Kier alpha value is -0.910. The van der Waals surface area contributed by atoms with Crippen LogP contribution in [0.2, 0.25) is 0 Å². The van der Waals surface area contributed by atoms with Gasteiger partial charge in [0.05, 0.1) is 6.61 Å². The van der Waals surface area contributed by atoms with Gasteiger partial charge in [-0.3, -0.25) is 0 Å². The van der Waals surface area contributed by atoms with Crippen molar-refractivity contribution < 1.29 is 22.6 Å². The van der Waals surface area contributed by atoms with Gasteiger partial charge >= 0.3 is 6.36 Å². The molecule has 1 aromatic rings. The predicted octanol–water partition coefficient (Wildman–Crippen LogP) is 4.53. The fraction of sp³-hybridized carbons (Fsp3) is 0.455. The molecule has 0 atom stereocenters. The fourth-order valence-corrected chi connectivity index (χ4v) is 1.47. The fourth-order valence-electron chi connectivity index (χ4n) is 1.13. The average molecular weight is 313 g/mol. The topological polar surface area (TPSA) is 18.5 Å². The first kappa shape index (κ1) is 14.2. The van der Waals surface area contributed by atoms with E-state index in [-0.39, 0.29) is 11.5 Å². The van der Waals surface area contributed by atoms with Crippen LogP contribution in [0.4, 0.5) is 13.2 Å². The molecule has 0 spiro atoms. The SMILES string of the molecule is CCCCOc1cc(Br)ccc1OC(F)(F)F. The van der Waals surface area contributed by atoms with Gasteiger partial charge in [-0.25, -0.2) is 0 Å². The number of ether oxygens (including phenoxy) is 2. The van der Waals surface area contributed by atoms with Crippen molar-refractivity contribution >= 4 is 15.9 Å². The lowest BCUT2D eigenvalue weighted by Gasteiger charge is -2.14. The molecule has 0 N–H and O–H groups in total. The van der Waals surface area contributed by atoms with E-state index in [2.05, 4.69) is 20.7 Å². The second-order valence-electron chi connectivity index (χ2n) is 3.34. The quantitative estimate of drug-likeness (QED) is 0.744. The molecule has 0 unspecified atom stereocenters. The van der Waals surface area contributed by atoms with E-state index in [0.29, 0.717) is 11.1 Å². The molecule has 2 nitrogen and oxygen atoms in total. The molecular weight excluding hydrogens is 301 g/mol. The van der Waals surface area contributed by atoms with Gasteiger partial charge in [-0.1, -0.05) is 29.3 Å². The van der Waals surface area contributed by atoms with Gasteiger partial charge in [0, 0.05) is 4.47 Å². The van der Waals surface area contributed by atoms with Crippen LogP contribution in [0.3, 0.4) is 0 Å². The van der Waals surface area contributed by atoms with Crippen molar-refractivity contribution in [3.8, 4) is 11.5 Å². The molecule has 0 amide bonds. The monoisotopic (exact) mass is 312 g/mol. The highest BCUT2D eigenvalue weighted by molar-refractivity contribution is 9.10. The lowest BCUT2D eigenvalue weighted by molar-refractivity contribution is -0.275. The van der Waals surface area contributed by atoms with Gasteiger partial charge < -0.3 is 9.47 Å². The first-order chi connectivity index (χ1) is 7.92. The maximum Gasteiger partial charge on any atom is 0.573 e. The molecule has 17 heavy (non-hydrogen) atoms. The van der Waals surface area contributed by atoms with Crippen molar-refractivity contribution in [1.29, 1.82) is 0 Å².